The summed E-state index contributed by atoms with van der Waals surface area (Å²) >= 11 is 11.6. The molecule has 1 amide bonds. The number of nitrogens with one attached hydrogen (secondary N) is 2. The van der Waals surface area contributed by atoms with E-state index in [1.165, 1.54) is 0 Å². The molecule has 0 saturated heterocycles. The largest absolute Gasteiger partial charge is 0.493 e. The summed E-state index contributed by atoms with van der Waals surface area (Å²) in [6, 6.07) is 4.90. The van der Waals surface area contributed by atoms with Crippen molar-refractivity contribution in [1.82, 2.24) is 10.9 Å². The summed E-state index contributed by atoms with van der Waals surface area (Å²) in [5.41, 5.74) is 4.97. The zero-order valence-electron chi connectivity index (χ0n) is 8.72. The van der Waals surface area contributed by atoms with Crippen LogP contribution in [0.5, 0.6) is 5.75 Å². The van der Waals surface area contributed by atoms with Gasteiger partial charge in [-0.05, 0) is 18.2 Å². The van der Waals surface area contributed by atoms with Crippen molar-refractivity contribution in [2.75, 3.05) is 13.7 Å². The third-order valence-electron chi connectivity index (χ3n) is 1.70. The molecule has 1 aromatic rings. The number of hydrogen-bond acceptors (Lipinski definition) is 3. The third-order valence-corrected chi connectivity index (χ3v) is 2.13. The normalized spacial score (nSPS) is 9.94. The Morgan fingerprint density at radius 2 is 1.94 bits per heavy atom. The van der Waals surface area contributed by atoms with Gasteiger partial charge in [-0.15, -0.1) is 0 Å². The van der Waals surface area contributed by atoms with Crippen molar-refractivity contribution in [3.8, 4) is 5.75 Å². The van der Waals surface area contributed by atoms with E-state index in [1.807, 2.05) is 0 Å². The Kier molecular flexibility index (Phi) is 5.38. The van der Waals surface area contributed by atoms with Crippen molar-refractivity contribution < 1.29 is 9.53 Å². The first-order valence-corrected chi connectivity index (χ1v) is 5.42. The van der Waals surface area contributed by atoms with Gasteiger partial charge in [0.15, 0.2) is 0 Å². The number of hydrogen-bond donors (Lipinski definition) is 2. The second-order valence-corrected chi connectivity index (χ2v) is 3.87. The number of amides is 1. The number of ether oxygens (including phenoxy) is 1. The van der Waals surface area contributed by atoms with Crippen LogP contribution in [0.3, 0.4) is 0 Å². The maximum absolute atomic E-state index is 11.1. The molecule has 88 valence electrons. The third kappa shape index (κ3) is 4.70. The molecule has 0 atom stereocenters. The molecule has 0 fully saturated rings. The van der Waals surface area contributed by atoms with Crippen LogP contribution in [-0.4, -0.2) is 19.6 Å². The molecule has 0 spiro atoms. The molecule has 0 aromatic heterocycles. The van der Waals surface area contributed by atoms with Crippen LogP contribution in [0.25, 0.3) is 0 Å². The zero-order chi connectivity index (χ0) is 12.0. The van der Waals surface area contributed by atoms with Crippen molar-refractivity contribution in [2.24, 2.45) is 0 Å². The molecule has 0 aliphatic carbocycles. The van der Waals surface area contributed by atoms with Crippen molar-refractivity contribution in [3.63, 3.8) is 0 Å². The Morgan fingerprint density at radius 1 is 1.31 bits per heavy atom. The summed E-state index contributed by atoms with van der Waals surface area (Å²) in [6.45, 7) is 0.268. The minimum atomic E-state index is -0.143. The van der Waals surface area contributed by atoms with E-state index in [4.69, 9.17) is 27.9 Å². The Bertz CT molecular complexity index is 352. The molecule has 0 saturated carbocycles. The van der Waals surface area contributed by atoms with Crippen LogP contribution in [0.4, 0.5) is 0 Å². The lowest BCUT2D eigenvalue weighted by Gasteiger charge is -2.07. The number of carbonyl (C=O) groups excluding carboxylic acids is 1. The van der Waals surface area contributed by atoms with Gasteiger partial charge in [0.25, 0.3) is 0 Å². The quantitative estimate of drug-likeness (QED) is 0.799. The predicted octanol–water partition coefficient (Wildman–Crippen LogP) is 2.01. The standard InChI is InChI=1S/C10H12Cl2N2O2/c1-13-14-10(15)2-3-16-9-5-7(11)4-8(12)6-9/h4-6,13H,2-3H2,1H3,(H,14,15). The van der Waals surface area contributed by atoms with Crippen LogP contribution in [0.15, 0.2) is 18.2 Å². The first-order valence-electron chi connectivity index (χ1n) is 4.66. The lowest BCUT2D eigenvalue weighted by molar-refractivity contribution is -0.122. The van der Waals surface area contributed by atoms with E-state index in [9.17, 15) is 4.79 Å². The molecular formula is C10H12Cl2N2O2. The minimum absolute atomic E-state index is 0.143. The highest BCUT2D eigenvalue weighted by atomic mass is 35.5. The van der Waals surface area contributed by atoms with Crippen molar-refractivity contribution in [3.05, 3.63) is 28.2 Å². The SMILES string of the molecule is CNNC(=O)CCOc1cc(Cl)cc(Cl)c1. The molecule has 0 heterocycles. The fraction of sp³-hybridized carbons (Fsp3) is 0.300. The number of hydrazine groups is 1. The lowest BCUT2D eigenvalue weighted by Crippen LogP contribution is -2.34. The summed E-state index contributed by atoms with van der Waals surface area (Å²) in [5, 5.41) is 1.00. The summed E-state index contributed by atoms with van der Waals surface area (Å²) in [4.78, 5) is 11.1. The molecule has 0 aliphatic rings. The molecule has 1 rings (SSSR count). The molecule has 6 heteroatoms. The Balaban J connectivity index is 2.40. The summed E-state index contributed by atoms with van der Waals surface area (Å²) < 4.78 is 5.33. The van der Waals surface area contributed by atoms with Crippen LogP contribution in [0.1, 0.15) is 6.42 Å². The van der Waals surface area contributed by atoms with E-state index in [1.54, 1.807) is 25.2 Å². The minimum Gasteiger partial charge on any atom is -0.493 e. The average molecular weight is 263 g/mol. The molecule has 4 nitrogen and oxygen atoms in total. The van der Waals surface area contributed by atoms with Crippen LogP contribution in [0, 0.1) is 0 Å². The van der Waals surface area contributed by atoms with Gasteiger partial charge in [0.1, 0.15) is 5.75 Å². The van der Waals surface area contributed by atoms with Gasteiger partial charge in [-0.25, -0.2) is 5.43 Å². The highest BCUT2D eigenvalue weighted by Crippen LogP contribution is 2.24. The van der Waals surface area contributed by atoms with Gasteiger partial charge in [-0.3, -0.25) is 10.2 Å². The second kappa shape index (κ2) is 6.58. The number of rotatable bonds is 5. The van der Waals surface area contributed by atoms with Crippen molar-refractivity contribution >= 4 is 29.1 Å². The van der Waals surface area contributed by atoms with Gasteiger partial charge >= 0.3 is 0 Å². The molecule has 0 aliphatic heterocycles. The average Bonchev–Trinajstić information content (AvgIpc) is 2.16. The maximum Gasteiger partial charge on any atom is 0.237 e. The molecular weight excluding hydrogens is 251 g/mol. The Morgan fingerprint density at radius 3 is 2.50 bits per heavy atom. The number of carbonyl (C=O) groups is 1. The van der Waals surface area contributed by atoms with Crippen LogP contribution < -0.4 is 15.6 Å². The van der Waals surface area contributed by atoms with Crippen molar-refractivity contribution in [1.29, 1.82) is 0 Å². The van der Waals surface area contributed by atoms with Gasteiger partial charge in [-0.1, -0.05) is 23.2 Å². The number of benzene rings is 1. The predicted molar refractivity (Wildman–Crippen MR) is 63.8 cm³/mol. The van der Waals surface area contributed by atoms with E-state index in [-0.39, 0.29) is 18.9 Å². The fourth-order valence-corrected chi connectivity index (χ4v) is 1.58. The van der Waals surface area contributed by atoms with Gasteiger partial charge < -0.3 is 4.74 Å². The van der Waals surface area contributed by atoms with Gasteiger partial charge in [0, 0.05) is 17.1 Å². The second-order valence-electron chi connectivity index (χ2n) is 3.00. The molecule has 0 radical (unpaired) electrons. The van der Waals surface area contributed by atoms with Crippen LogP contribution >= 0.6 is 23.2 Å². The zero-order valence-corrected chi connectivity index (χ0v) is 10.2. The summed E-state index contributed by atoms with van der Waals surface area (Å²) in [7, 11) is 1.62. The first kappa shape index (κ1) is 13.1. The molecule has 0 bridgehead atoms. The van der Waals surface area contributed by atoms with Gasteiger partial charge in [-0.2, -0.15) is 0 Å². The topological polar surface area (TPSA) is 50.4 Å². The van der Waals surface area contributed by atoms with Gasteiger partial charge in [0.2, 0.25) is 5.91 Å². The van der Waals surface area contributed by atoms with E-state index in [0.29, 0.717) is 15.8 Å². The monoisotopic (exact) mass is 262 g/mol. The molecule has 0 unspecified atom stereocenters. The highest BCUT2D eigenvalue weighted by Gasteiger charge is 2.02. The van der Waals surface area contributed by atoms with Crippen LogP contribution in [0.2, 0.25) is 10.0 Å². The molecule has 1 aromatic carbocycles. The number of halogens is 2. The van der Waals surface area contributed by atoms with Crippen molar-refractivity contribution in [2.45, 2.75) is 6.42 Å². The summed E-state index contributed by atoms with van der Waals surface area (Å²) in [5.74, 6) is 0.408. The molecule has 2 N–H and O–H groups in total. The lowest BCUT2D eigenvalue weighted by atomic mass is 10.3. The Hall–Kier alpha value is -0.970. The van der Waals surface area contributed by atoms with E-state index in [0.717, 1.165) is 0 Å². The fourth-order valence-electron chi connectivity index (χ4n) is 1.08. The van der Waals surface area contributed by atoms with Gasteiger partial charge in [0.05, 0.1) is 13.0 Å². The van der Waals surface area contributed by atoms with Crippen LogP contribution in [-0.2, 0) is 4.79 Å². The van der Waals surface area contributed by atoms with E-state index >= 15 is 0 Å². The summed E-state index contributed by atoms with van der Waals surface area (Å²) in [6.07, 6.45) is 0.255. The highest BCUT2D eigenvalue weighted by molar-refractivity contribution is 6.34. The Labute approximate surface area is 104 Å². The first-order chi connectivity index (χ1) is 7.61. The molecule has 16 heavy (non-hydrogen) atoms. The van der Waals surface area contributed by atoms with E-state index < -0.39 is 0 Å². The maximum atomic E-state index is 11.1. The smallest absolute Gasteiger partial charge is 0.237 e. The van der Waals surface area contributed by atoms with E-state index in [2.05, 4.69) is 10.9 Å².